The van der Waals surface area contributed by atoms with Gasteiger partial charge in [-0.25, -0.2) is 0 Å². The molecule has 19 heavy (non-hydrogen) atoms. The van der Waals surface area contributed by atoms with Gasteiger partial charge in [0.05, 0.1) is 13.2 Å². The van der Waals surface area contributed by atoms with Gasteiger partial charge in [-0.15, -0.1) is 0 Å². The minimum Gasteiger partial charge on any atom is -0.493 e. The highest BCUT2D eigenvalue weighted by molar-refractivity contribution is 6.31. The predicted molar refractivity (Wildman–Crippen MR) is 78.4 cm³/mol. The van der Waals surface area contributed by atoms with Crippen LogP contribution in [-0.2, 0) is 0 Å². The average molecular weight is 284 g/mol. The molecule has 106 valence electrons. The molecule has 0 radical (unpaired) electrons. The zero-order valence-corrected chi connectivity index (χ0v) is 12.6. The number of nitrogens with one attached hydrogen (secondary N) is 1. The smallest absolute Gasteiger partial charge is 0.163 e. The summed E-state index contributed by atoms with van der Waals surface area (Å²) in [4.78, 5) is 0. The fraction of sp³-hybridized carbons (Fsp3) is 0.600. The van der Waals surface area contributed by atoms with Crippen LogP contribution in [0.4, 0.5) is 0 Å². The Balaban J connectivity index is 2.29. The van der Waals surface area contributed by atoms with E-state index in [1.165, 1.54) is 12.8 Å². The number of hydrogen-bond donors (Lipinski definition) is 1. The molecule has 0 saturated carbocycles. The Morgan fingerprint density at radius 1 is 1.26 bits per heavy atom. The lowest BCUT2D eigenvalue weighted by molar-refractivity contribution is 0.230. The number of rotatable bonds is 4. The number of halogens is 1. The van der Waals surface area contributed by atoms with Crippen molar-refractivity contribution < 1.29 is 9.47 Å². The molecule has 1 aliphatic rings. The number of benzene rings is 1. The van der Waals surface area contributed by atoms with Crippen LogP contribution < -0.4 is 14.8 Å². The van der Waals surface area contributed by atoms with Crippen LogP contribution in [0.1, 0.15) is 44.7 Å². The lowest BCUT2D eigenvalue weighted by Crippen LogP contribution is -2.27. The summed E-state index contributed by atoms with van der Waals surface area (Å²) in [7, 11) is 1.66. The van der Waals surface area contributed by atoms with Gasteiger partial charge in [0.2, 0.25) is 0 Å². The maximum Gasteiger partial charge on any atom is 0.163 e. The van der Waals surface area contributed by atoms with Crippen LogP contribution in [0.15, 0.2) is 12.1 Å². The number of ether oxygens (including phenoxy) is 2. The molecule has 1 fully saturated rings. The standard InChI is InChI=1S/C15H22ClNO2/c1-10(2)19-15-9-12(16)11(8-14(15)18-3)13-6-4-5-7-17-13/h8-10,13,17H,4-7H2,1-3H3. The Hall–Kier alpha value is -0.930. The van der Waals surface area contributed by atoms with Crippen LogP contribution in [-0.4, -0.2) is 19.8 Å². The van der Waals surface area contributed by atoms with Crippen molar-refractivity contribution >= 4 is 11.6 Å². The normalized spacial score (nSPS) is 19.5. The van der Waals surface area contributed by atoms with Gasteiger partial charge in [-0.2, -0.15) is 0 Å². The molecule has 1 aliphatic heterocycles. The summed E-state index contributed by atoms with van der Waals surface area (Å²) in [5.74, 6) is 1.46. The minimum absolute atomic E-state index is 0.101. The average Bonchev–Trinajstić information content (AvgIpc) is 2.39. The Labute approximate surface area is 120 Å². The molecule has 2 rings (SSSR count). The first-order chi connectivity index (χ1) is 9.11. The van der Waals surface area contributed by atoms with Gasteiger partial charge in [0, 0.05) is 17.1 Å². The van der Waals surface area contributed by atoms with E-state index < -0.39 is 0 Å². The zero-order valence-electron chi connectivity index (χ0n) is 11.8. The van der Waals surface area contributed by atoms with Crippen molar-refractivity contribution in [1.82, 2.24) is 5.32 Å². The molecular weight excluding hydrogens is 262 g/mol. The molecule has 0 aliphatic carbocycles. The largest absolute Gasteiger partial charge is 0.493 e. The molecule has 0 aromatic heterocycles. The molecule has 1 aromatic carbocycles. The van der Waals surface area contributed by atoms with Gasteiger partial charge >= 0.3 is 0 Å². The second-order valence-electron chi connectivity index (χ2n) is 5.19. The molecular formula is C15H22ClNO2. The van der Waals surface area contributed by atoms with Gasteiger partial charge < -0.3 is 14.8 Å². The van der Waals surface area contributed by atoms with Gasteiger partial charge in [0.1, 0.15) is 0 Å². The number of hydrogen-bond acceptors (Lipinski definition) is 3. The zero-order chi connectivity index (χ0) is 13.8. The summed E-state index contributed by atoms with van der Waals surface area (Å²) in [6.45, 7) is 5.03. The van der Waals surface area contributed by atoms with Crippen LogP contribution in [0.3, 0.4) is 0 Å². The van der Waals surface area contributed by atoms with Crippen LogP contribution in [0, 0.1) is 0 Å². The topological polar surface area (TPSA) is 30.5 Å². The quantitative estimate of drug-likeness (QED) is 0.907. The summed E-state index contributed by atoms with van der Waals surface area (Å²) in [5.41, 5.74) is 1.11. The van der Waals surface area contributed by atoms with Crippen molar-refractivity contribution in [1.29, 1.82) is 0 Å². The summed E-state index contributed by atoms with van der Waals surface area (Å²) in [5, 5.41) is 4.25. The van der Waals surface area contributed by atoms with Crippen LogP contribution in [0.5, 0.6) is 11.5 Å². The van der Waals surface area contributed by atoms with E-state index in [1.807, 2.05) is 26.0 Å². The molecule has 0 bridgehead atoms. The molecule has 4 heteroatoms. The molecule has 3 nitrogen and oxygen atoms in total. The molecule has 1 aromatic rings. The molecule has 1 N–H and O–H groups in total. The highest BCUT2D eigenvalue weighted by atomic mass is 35.5. The maximum absolute atomic E-state index is 6.40. The lowest BCUT2D eigenvalue weighted by atomic mass is 9.97. The van der Waals surface area contributed by atoms with Crippen molar-refractivity contribution in [3.8, 4) is 11.5 Å². The summed E-state index contributed by atoms with van der Waals surface area (Å²) >= 11 is 6.40. The molecule has 1 unspecified atom stereocenters. The third-order valence-electron chi connectivity index (χ3n) is 3.33. The van der Waals surface area contributed by atoms with Gasteiger partial charge in [0.25, 0.3) is 0 Å². The van der Waals surface area contributed by atoms with Crippen molar-refractivity contribution in [3.05, 3.63) is 22.7 Å². The minimum atomic E-state index is 0.101. The summed E-state index contributed by atoms with van der Waals surface area (Å²) in [6, 6.07) is 4.19. The second kappa shape index (κ2) is 6.49. The monoisotopic (exact) mass is 283 g/mol. The third kappa shape index (κ3) is 3.54. The van der Waals surface area contributed by atoms with E-state index in [1.54, 1.807) is 7.11 Å². The van der Waals surface area contributed by atoms with E-state index in [0.29, 0.717) is 11.8 Å². The van der Waals surface area contributed by atoms with Crippen LogP contribution in [0.2, 0.25) is 5.02 Å². The fourth-order valence-corrected chi connectivity index (χ4v) is 2.73. The van der Waals surface area contributed by atoms with Gasteiger partial charge in [-0.3, -0.25) is 0 Å². The third-order valence-corrected chi connectivity index (χ3v) is 3.66. The van der Waals surface area contributed by atoms with E-state index in [-0.39, 0.29) is 6.10 Å². The van der Waals surface area contributed by atoms with E-state index in [2.05, 4.69) is 5.32 Å². The Kier molecular flexibility index (Phi) is 4.94. The second-order valence-corrected chi connectivity index (χ2v) is 5.60. The maximum atomic E-state index is 6.40. The van der Waals surface area contributed by atoms with E-state index >= 15 is 0 Å². The van der Waals surface area contributed by atoms with Crippen molar-refractivity contribution in [2.24, 2.45) is 0 Å². The first-order valence-electron chi connectivity index (χ1n) is 6.89. The van der Waals surface area contributed by atoms with E-state index in [9.17, 15) is 0 Å². The highest BCUT2D eigenvalue weighted by Crippen LogP contribution is 2.38. The molecule has 1 heterocycles. The van der Waals surface area contributed by atoms with Gasteiger partial charge in [-0.05, 0) is 44.9 Å². The Morgan fingerprint density at radius 3 is 2.63 bits per heavy atom. The van der Waals surface area contributed by atoms with Crippen molar-refractivity contribution in [2.45, 2.75) is 45.3 Å². The predicted octanol–water partition coefficient (Wildman–Crippen LogP) is 3.95. The van der Waals surface area contributed by atoms with E-state index in [4.69, 9.17) is 21.1 Å². The fourth-order valence-electron chi connectivity index (χ4n) is 2.44. The first-order valence-corrected chi connectivity index (χ1v) is 7.27. The van der Waals surface area contributed by atoms with Gasteiger partial charge in [0.15, 0.2) is 11.5 Å². The molecule has 1 atom stereocenters. The lowest BCUT2D eigenvalue weighted by Gasteiger charge is -2.26. The van der Waals surface area contributed by atoms with Gasteiger partial charge in [-0.1, -0.05) is 18.0 Å². The summed E-state index contributed by atoms with van der Waals surface area (Å²) in [6.07, 6.45) is 3.69. The number of methoxy groups -OCH3 is 1. The molecule has 1 saturated heterocycles. The molecule has 0 amide bonds. The van der Waals surface area contributed by atoms with E-state index in [0.717, 1.165) is 29.3 Å². The Bertz CT molecular complexity index is 428. The van der Waals surface area contributed by atoms with Crippen molar-refractivity contribution in [2.75, 3.05) is 13.7 Å². The van der Waals surface area contributed by atoms with Crippen LogP contribution in [0.25, 0.3) is 0 Å². The number of piperidine rings is 1. The summed E-state index contributed by atoms with van der Waals surface area (Å²) < 4.78 is 11.2. The highest BCUT2D eigenvalue weighted by Gasteiger charge is 2.20. The molecule has 0 spiro atoms. The van der Waals surface area contributed by atoms with Crippen LogP contribution >= 0.6 is 11.6 Å². The SMILES string of the molecule is COc1cc(C2CCCCN2)c(Cl)cc1OC(C)C. The van der Waals surface area contributed by atoms with Crippen molar-refractivity contribution in [3.63, 3.8) is 0 Å². The Morgan fingerprint density at radius 2 is 2.05 bits per heavy atom. The first kappa shape index (κ1) is 14.5.